The van der Waals surface area contributed by atoms with E-state index in [0.29, 0.717) is 28.9 Å². The third-order valence-electron chi connectivity index (χ3n) is 6.65. The van der Waals surface area contributed by atoms with Crippen molar-refractivity contribution in [3.8, 4) is 0 Å². The molecule has 1 aromatic carbocycles. The minimum Gasteiger partial charge on any atom is -0.341 e. The van der Waals surface area contributed by atoms with Gasteiger partial charge in [-0.05, 0) is 43.0 Å². The average molecular weight is 463 g/mol. The lowest BCUT2D eigenvalue weighted by Gasteiger charge is -2.31. The van der Waals surface area contributed by atoms with E-state index in [-0.39, 0.29) is 5.56 Å². The Hall–Kier alpha value is -3.19. The third-order valence-corrected chi connectivity index (χ3v) is 6.93. The molecule has 0 radical (unpaired) electrons. The predicted octanol–water partition coefficient (Wildman–Crippen LogP) is 4.82. The molecular weight excluding hydrogens is 436 g/mol. The van der Waals surface area contributed by atoms with E-state index >= 15 is 0 Å². The van der Waals surface area contributed by atoms with Crippen LogP contribution in [0.2, 0.25) is 5.02 Å². The fraction of sp³-hybridized carbons (Fsp3) is 0.360. The second-order valence-electron chi connectivity index (χ2n) is 8.68. The van der Waals surface area contributed by atoms with Crippen molar-refractivity contribution in [3.63, 3.8) is 0 Å². The quantitative estimate of drug-likeness (QED) is 0.588. The summed E-state index contributed by atoms with van der Waals surface area (Å²) in [4.78, 5) is 28.5. The van der Waals surface area contributed by atoms with Crippen LogP contribution in [0.1, 0.15) is 31.7 Å². The van der Waals surface area contributed by atoms with Crippen LogP contribution >= 0.6 is 11.6 Å². The summed E-state index contributed by atoms with van der Waals surface area (Å²) >= 11 is 6.43. The van der Waals surface area contributed by atoms with Crippen molar-refractivity contribution in [1.82, 2.24) is 14.5 Å². The van der Waals surface area contributed by atoms with Gasteiger partial charge < -0.3 is 14.8 Å². The first-order chi connectivity index (χ1) is 16.0. The summed E-state index contributed by atoms with van der Waals surface area (Å²) in [7, 11) is 1.79. The Morgan fingerprint density at radius 1 is 1.21 bits per heavy atom. The Kier molecular flexibility index (Phi) is 5.89. The van der Waals surface area contributed by atoms with E-state index in [4.69, 9.17) is 16.6 Å². The summed E-state index contributed by atoms with van der Waals surface area (Å²) in [5.41, 5.74) is 3.20. The zero-order chi connectivity index (χ0) is 22.9. The van der Waals surface area contributed by atoms with Crippen LogP contribution in [0.4, 0.5) is 17.5 Å². The number of aromatic nitrogens is 3. The van der Waals surface area contributed by atoms with Crippen LogP contribution in [0.15, 0.2) is 46.3 Å². The molecule has 33 heavy (non-hydrogen) atoms. The first-order valence-electron chi connectivity index (χ1n) is 11.4. The minimum absolute atomic E-state index is 0.0295. The van der Waals surface area contributed by atoms with Crippen molar-refractivity contribution >= 4 is 51.7 Å². The van der Waals surface area contributed by atoms with E-state index in [9.17, 15) is 4.79 Å². The fourth-order valence-electron chi connectivity index (χ4n) is 4.58. The van der Waals surface area contributed by atoms with E-state index in [1.165, 1.54) is 6.42 Å². The minimum atomic E-state index is -0.0295. The van der Waals surface area contributed by atoms with Crippen molar-refractivity contribution in [1.29, 1.82) is 0 Å². The molecule has 0 bridgehead atoms. The zero-order valence-electron chi connectivity index (χ0n) is 18.9. The summed E-state index contributed by atoms with van der Waals surface area (Å²) in [6, 6.07) is 7.81. The van der Waals surface area contributed by atoms with E-state index in [2.05, 4.69) is 27.1 Å². The van der Waals surface area contributed by atoms with Gasteiger partial charge in [0.05, 0.1) is 18.3 Å². The van der Waals surface area contributed by atoms with Gasteiger partial charge in [-0.1, -0.05) is 31.0 Å². The normalized spacial score (nSPS) is 16.5. The monoisotopic (exact) mass is 462 g/mol. The fourth-order valence-corrected chi connectivity index (χ4v) is 4.72. The highest BCUT2D eigenvalue weighted by atomic mass is 35.5. The van der Waals surface area contributed by atoms with Gasteiger partial charge in [0, 0.05) is 48.6 Å². The lowest BCUT2D eigenvalue weighted by atomic mass is 9.95. The molecule has 1 saturated heterocycles. The molecule has 2 aliphatic heterocycles. The van der Waals surface area contributed by atoms with Crippen LogP contribution in [0.25, 0.3) is 16.5 Å². The zero-order valence-corrected chi connectivity index (χ0v) is 19.6. The number of fused-ring (bicyclic) bond motifs is 1. The summed E-state index contributed by atoms with van der Waals surface area (Å²) in [5, 5.41) is 4.77. The van der Waals surface area contributed by atoms with E-state index in [1.54, 1.807) is 24.0 Å². The molecule has 0 unspecified atom stereocenters. The van der Waals surface area contributed by atoms with Crippen LogP contribution < -0.4 is 15.8 Å². The number of hydrogen-bond acceptors (Lipinski definition) is 6. The molecule has 4 heterocycles. The highest BCUT2D eigenvalue weighted by molar-refractivity contribution is 6.32. The molecule has 1 N–H and O–H groups in total. The van der Waals surface area contributed by atoms with E-state index < -0.39 is 0 Å². The van der Waals surface area contributed by atoms with Gasteiger partial charge in [0.15, 0.2) is 5.82 Å². The predicted molar refractivity (Wildman–Crippen MR) is 136 cm³/mol. The summed E-state index contributed by atoms with van der Waals surface area (Å²) in [6.45, 7) is 4.80. The van der Waals surface area contributed by atoms with Gasteiger partial charge in [0.25, 0.3) is 5.56 Å². The molecule has 170 valence electrons. The van der Waals surface area contributed by atoms with Crippen LogP contribution in [-0.4, -0.2) is 40.4 Å². The molecule has 7 nitrogen and oxygen atoms in total. The number of benzene rings is 1. The molecule has 5 rings (SSSR count). The van der Waals surface area contributed by atoms with Gasteiger partial charge >= 0.3 is 0 Å². The largest absolute Gasteiger partial charge is 0.341 e. The van der Waals surface area contributed by atoms with Gasteiger partial charge in [-0.25, -0.2) is 4.98 Å². The van der Waals surface area contributed by atoms with Crippen molar-refractivity contribution in [3.05, 3.63) is 57.5 Å². The first kappa shape index (κ1) is 21.6. The number of hydrogen-bond donors (Lipinski definition) is 1. The van der Waals surface area contributed by atoms with Crippen molar-refractivity contribution in [2.75, 3.05) is 29.9 Å². The molecule has 0 saturated carbocycles. The molecular formula is C25H27ClN6O. The standard InChI is InChI=1S/C25H27ClN6O/c1-3-16-7-10-32(11-8-16)25-28-15-21(26)23(30-25)29-19-4-5-22-18(12-19)13-20(24(33)31(22)2)17-6-9-27-14-17/h4-6,12-16H,3,7-11H2,1-2H3,(H,28,29,30). The topological polar surface area (TPSA) is 75.4 Å². The third kappa shape index (κ3) is 4.25. The molecule has 0 amide bonds. The van der Waals surface area contributed by atoms with E-state index in [1.807, 2.05) is 30.3 Å². The van der Waals surface area contributed by atoms with Gasteiger partial charge in [-0.15, -0.1) is 0 Å². The maximum absolute atomic E-state index is 12.8. The summed E-state index contributed by atoms with van der Waals surface area (Å²) in [6.07, 6.45) is 8.94. The van der Waals surface area contributed by atoms with Gasteiger partial charge in [0.1, 0.15) is 5.02 Å². The van der Waals surface area contributed by atoms with Crippen LogP contribution in [-0.2, 0) is 7.05 Å². The molecule has 0 aliphatic carbocycles. The first-order valence-corrected chi connectivity index (χ1v) is 11.8. The Morgan fingerprint density at radius 2 is 2.03 bits per heavy atom. The van der Waals surface area contributed by atoms with Crippen LogP contribution in [0.5, 0.6) is 0 Å². The van der Waals surface area contributed by atoms with Gasteiger partial charge in [-0.3, -0.25) is 9.79 Å². The van der Waals surface area contributed by atoms with Crippen LogP contribution in [0.3, 0.4) is 0 Å². The average Bonchev–Trinajstić information content (AvgIpc) is 3.37. The second-order valence-corrected chi connectivity index (χ2v) is 9.09. The number of rotatable bonds is 5. The molecule has 0 spiro atoms. The Labute approximate surface area is 197 Å². The number of aryl methyl sites for hydroxylation is 1. The number of nitrogens with zero attached hydrogens (tertiary/aromatic N) is 5. The maximum Gasteiger partial charge on any atom is 0.258 e. The summed E-state index contributed by atoms with van der Waals surface area (Å²) in [5.74, 6) is 2.07. The number of aliphatic imine (C=N–C) groups is 1. The molecule has 2 aromatic heterocycles. The molecule has 3 aromatic rings. The molecule has 8 heteroatoms. The van der Waals surface area contributed by atoms with Gasteiger partial charge in [0.2, 0.25) is 5.95 Å². The molecule has 1 fully saturated rings. The second kappa shape index (κ2) is 8.98. The van der Waals surface area contributed by atoms with Crippen molar-refractivity contribution in [2.45, 2.75) is 26.2 Å². The number of halogens is 1. The Morgan fingerprint density at radius 3 is 2.76 bits per heavy atom. The number of pyridine rings is 1. The number of anilines is 3. The highest BCUT2D eigenvalue weighted by Crippen LogP contribution is 2.29. The van der Waals surface area contributed by atoms with E-state index in [0.717, 1.165) is 54.0 Å². The smallest absolute Gasteiger partial charge is 0.258 e. The summed E-state index contributed by atoms with van der Waals surface area (Å²) < 4.78 is 1.68. The highest BCUT2D eigenvalue weighted by Gasteiger charge is 2.21. The Bertz CT molecular complexity index is 1320. The lowest BCUT2D eigenvalue weighted by Crippen LogP contribution is -2.34. The number of allylic oxidation sites excluding steroid dienone is 1. The van der Waals surface area contributed by atoms with Gasteiger partial charge in [-0.2, -0.15) is 4.98 Å². The van der Waals surface area contributed by atoms with Crippen molar-refractivity contribution < 1.29 is 0 Å². The van der Waals surface area contributed by atoms with Crippen molar-refractivity contribution in [2.24, 2.45) is 18.0 Å². The maximum atomic E-state index is 12.8. The SMILES string of the molecule is CCC1CCN(c2ncc(Cl)c(Nc3ccc4c(c3)cc(C3=CCN=C3)c(=O)n4C)n2)CC1. The van der Waals surface area contributed by atoms with Crippen LogP contribution in [0, 0.1) is 5.92 Å². The number of piperidine rings is 1. The lowest BCUT2D eigenvalue weighted by molar-refractivity contribution is 0.392. The molecule has 0 atom stereocenters. The molecule has 2 aliphatic rings. The Balaban J connectivity index is 1.45. The number of nitrogens with one attached hydrogen (secondary N) is 1.